The van der Waals surface area contributed by atoms with Crippen LogP contribution in [0.4, 0.5) is 17.1 Å². The first-order valence-corrected chi connectivity index (χ1v) is 24.0. The van der Waals surface area contributed by atoms with Crippen molar-refractivity contribution >= 4 is 114 Å². The molecule has 7 aromatic carbocycles. The number of rotatable bonds is 5. The van der Waals surface area contributed by atoms with Crippen molar-refractivity contribution < 1.29 is 0 Å². The van der Waals surface area contributed by atoms with Gasteiger partial charge in [0.1, 0.15) is 0 Å². The number of para-hydroxylation sites is 1. The fourth-order valence-corrected chi connectivity index (χ4v) is 14.3. The molecular formula is C57H41BN2S2. The zero-order valence-corrected chi connectivity index (χ0v) is 36.7. The van der Waals surface area contributed by atoms with Gasteiger partial charge in [0.05, 0.1) is 20.9 Å². The van der Waals surface area contributed by atoms with E-state index in [0.717, 1.165) is 24.9 Å². The maximum absolute atomic E-state index is 4.00. The molecule has 10 aromatic rings. The van der Waals surface area contributed by atoms with Gasteiger partial charge in [0.15, 0.2) is 0 Å². The molecule has 0 unspecified atom stereocenters. The number of thiophene rings is 2. The Labute approximate surface area is 370 Å². The molecule has 0 saturated carbocycles. The first kappa shape index (κ1) is 35.3. The van der Waals surface area contributed by atoms with E-state index in [2.05, 4.69) is 176 Å². The van der Waals surface area contributed by atoms with Crippen molar-refractivity contribution in [1.29, 1.82) is 0 Å². The van der Waals surface area contributed by atoms with E-state index in [9.17, 15) is 0 Å². The fraction of sp³-hybridized carbons (Fsp3) is 0.158. The van der Waals surface area contributed by atoms with Crippen LogP contribution < -0.4 is 15.8 Å². The lowest BCUT2D eigenvalue weighted by atomic mass is 9.44. The summed E-state index contributed by atoms with van der Waals surface area (Å²) in [5, 5.41) is 6.67. The minimum absolute atomic E-state index is 0.0884. The fourth-order valence-electron chi connectivity index (χ4n) is 12.0. The van der Waals surface area contributed by atoms with Crippen LogP contribution in [0.25, 0.3) is 79.2 Å². The molecule has 3 aromatic heterocycles. The van der Waals surface area contributed by atoms with Gasteiger partial charge in [-0.05, 0) is 118 Å². The molecule has 5 heteroatoms. The van der Waals surface area contributed by atoms with E-state index in [-0.39, 0.29) is 12.3 Å². The summed E-state index contributed by atoms with van der Waals surface area (Å²) in [6, 6.07) is 52.2. The highest BCUT2D eigenvalue weighted by Crippen LogP contribution is 2.58. The monoisotopic (exact) mass is 828 g/mol. The van der Waals surface area contributed by atoms with E-state index < -0.39 is 0 Å². The summed E-state index contributed by atoms with van der Waals surface area (Å²) < 4.78 is 6.58. The van der Waals surface area contributed by atoms with E-state index in [4.69, 9.17) is 0 Å². The van der Waals surface area contributed by atoms with E-state index in [1.165, 1.54) is 137 Å². The van der Waals surface area contributed by atoms with Crippen LogP contribution in [0.2, 0.25) is 0 Å². The summed E-state index contributed by atoms with van der Waals surface area (Å²) in [4.78, 5) is 4.03. The average molecular weight is 829 g/mol. The third-order valence-electron chi connectivity index (χ3n) is 14.6. The summed E-state index contributed by atoms with van der Waals surface area (Å²) in [5.41, 5.74) is 19.8. The topological polar surface area (TPSA) is 8.17 Å². The van der Waals surface area contributed by atoms with Gasteiger partial charge in [0, 0.05) is 64.1 Å². The van der Waals surface area contributed by atoms with Crippen molar-refractivity contribution in [3.05, 3.63) is 168 Å². The molecule has 4 aliphatic rings. The van der Waals surface area contributed by atoms with Crippen molar-refractivity contribution in [1.82, 2.24) is 4.48 Å². The predicted molar refractivity (Wildman–Crippen MR) is 268 cm³/mol. The Morgan fingerprint density at radius 1 is 0.710 bits per heavy atom. The van der Waals surface area contributed by atoms with E-state index in [1.807, 2.05) is 22.7 Å². The molecule has 0 bridgehead atoms. The summed E-state index contributed by atoms with van der Waals surface area (Å²) in [6.45, 7) is 7.14. The molecule has 2 aliphatic carbocycles. The van der Waals surface area contributed by atoms with Gasteiger partial charge in [-0.25, -0.2) is 0 Å². The minimum Gasteiger partial charge on any atom is -0.367 e. The predicted octanol–water partition coefficient (Wildman–Crippen LogP) is 14.8. The largest absolute Gasteiger partial charge is 0.367 e. The van der Waals surface area contributed by atoms with Crippen molar-refractivity contribution in [2.45, 2.75) is 58.3 Å². The first-order chi connectivity index (χ1) is 30.5. The second kappa shape index (κ2) is 12.6. The number of fused-ring (bicyclic) bond motifs is 17. The van der Waals surface area contributed by atoms with Crippen molar-refractivity contribution in [3.63, 3.8) is 0 Å². The van der Waals surface area contributed by atoms with Crippen LogP contribution in [0.3, 0.4) is 0 Å². The lowest BCUT2D eigenvalue weighted by Gasteiger charge is -2.43. The third kappa shape index (κ3) is 4.46. The molecule has 0 N–H and O–H groups in total. The maximum Gasteiger partial charge on any atom is 0.335 e. The number of benzene rings is 6. The van der Waals surface area contributed by atoms with Gasteiger partial charge >= 0.3 is 6.85 Å². The lowest BCUT2D eigenvalue weighted by molar-refractivity contribution is 0.661. The van der Waals surface area contributed by atoms with Crippen molar-refractivity contribution in [2.75, 3.05) is 4.90 Å². The smallest absolute Gasteiger partial charge is 0.335 e. The van der Waals surface area contributed by atoms with Crippen molar-refractivity contribution in [3.8, 4) is 22.3 Å². The number of anilines is 3. The molecule has 2 nitrogen and oxygen atoms in total. The first-order valence-electron chi connectivity index (χ1n) is 22.3. The molecule has 62 heavy (non-hydrogen) atoms. The maximum atomic E-state index is 4.00. The van der Waals surface area contributed by atoms with Crippen LogP contribution in [-0.2, 0) is 11.8 Å². The molecule has 5 heterocycles. The highest BCUT2D eigenvalue weighted by Gasteiger charge is 2.50. The lowest BCUT2D eigenvalue weighted by Crippen LogP contribution is -2.57. The van der Waals surface area contributed by atoms with Gasteiger partial charge in [-0.15, -0.1) is 22.7 Å². The highest BCUT2D eigenvalue weighted by molar-refractivity contribution is 7.27. The van der Waals surface area contributed by atoms with Gasteiger partial charge < -0.3 is 9.38 Å². The molecule has 0 saturated heterocycles. The number of allylic oxidation sites excluding steroid dienone is 4. The van der Waals surface area contributed by atoms with Gasteiger partial charge in [-0.1, -0.05) is 130 Å². The SMILES string of the molecule is CCCCc1ccc(N2c3c#cc4sc5ccccc5c4c3B3c4c(cc5c(c42)C(C)(C)c2ccccc2-5)-c2cccc4c5c6ccccc6sc5n3c24)c(C2=CC=CCC2)c1. The number of aryl methyl sites for hydroxylation is 1. The Morgan fingerprint density at radius 3 is 2.32 bits per heavy atom. The van der Waals surface area contributed by atoms with Crippen LogP contribution in [0.5, 0.6) is 0 Å². The number of unbranched alkanes of at least 4 members (excludes halogenated alkanes) is 1. The quantitative estimate of drug-likeness (QED) is 0.157. The van der Waals surface area contributed by atoms with Crippen LogP contribution in [0.1, 0.15) is 68.7 Å². The standard InChI is InChI=1S/C57H41BN2S2/c1-4-5-16-33-27-28-44(40(31-33)34-17-7-6-8-18-34)59-45-29-30-48-50(38-21-11-13-25-46(38)61-48)53(45)58-52-42(32-41-35-19-9-12-24-43(35)57(2,3)51(41)55(52)59)36-22-15-23-39-49-37-20-10-14-26-47(37)62-56(49)60(58)54(36)39/h6-7,9-15,17,19-28,31-32H,4-5,8,16,18H2,1-3H3. The Kier molecular flexibility index (Phi) is 7.19. The molecule has 0 spiro atoms. The molecule has 0 amide bonds. The zero-order valence-electron chi connectivity index (χ0n) is 35.0. The molecule has 2 aliphatic heterocycles. The number of hydrogen-bond acceptors (Lipinski definition) is 3. The highest BCUT2D eigenvalue weighted by atomic mass is 32.1. The second-order valence-corrected chi connectivity index (χ2v) is 20.4. The second-order valence-electron chi connectivity index (χ2n) is 18.3. The van der Waals surface area contributed by atoms with Gasteiger partial charge in [0.25, 0.3) is 0 Å². The molecule has 0 radical (unpaired) electrons. The normalized spacial score (nSPS) is 15.4. The van der Waals surface area contributed by atoms with Crippen LogP contribution in [-0.4, -0.2) is 11.3 Å². The van der Waals surface area contributed by atoms with Gasteiger partial charge in [-0.3, -0.25) is 0 Å². The Balaban J connectivity index is 1.21. The van der Waals surface area contributed by atoms with Crippen LogP contribution >= 0.6 is 22.7 Å². The van der Waals surface area contributed by atoms with Gasteiger partial charge in [-0.2, -0.15) is 0 Å². The minimum atomic E-state index is -0.260. The van der Waals surface area contributed by atoms with E-state index in [1.54, 1.807) is 0 Å². The summed E-state index contributed by atoms with van der Waals surface area (Å²) in [6.07, 6.45) is 12.5. The van der Waals surface area contributed by atoms with Crippen molar-refractivity contribution in [2.24, 2.45) is 0 Å². The number of nitrogens with zero attached hydrogens (tertiary/aromatic N) is 2. The molecular weight excluding hydrogens is 788 g/mol. The average Bonchev–Trinajstić information content (AvgIpc) is 4.04. The summed E-state index contributed by atoms with van der Waals surface area (Å²) >= 11 is 3.81. The summed E-state index contributed by atoms with van der Waals surface area (Å²) in [5.74, 6) is 0. The molecule has 294 valence electrons. The Hall–Kier alpha value is -6.32. The zero-order chi connectivity index (χ0) is 41.0. The van der Waals surface area contributed by atoms with Crippen LogP contribution in [0.15, 0.2) is 133 Å². The summed E-state index contributed by atoms with van der Waals surface area (Å²) in [7, 11) is 0. The van der Waals surface area contributed by atoms with E-state index in [0.29, 0.717) is 0 Å². The molecule has 0 fully saturated rings. The Morgan fingerprint density at radius 2 is 1.48 bits per heavy atom. The third-order valence-corrected chi connectivity index (χ3v) is 16.9. The van der Waals surface area contributed by atoms with E-state index >= 15 is 0 Å². The molecule has 14 rings (SSSR count). The number of aromatic nitrogens is 1. The Bertz CT molecular complexity index is 3680. The molecule has 0 atom stereocenters. The number of hydrogen-bond donors (Lipinski definition) is 0. The van der Waals surface area contributed by atoms with Crippen LogP contribution in [0, 0.1) is 12.1 Å². The van der Waals surface area contributed by atoms with Gasteiger partial charge in [0.2, 0.25) is 0 Å².